The van der Waals surface area contributed by atoms with Crippen molar-refractivity contribution in [3.8, 4) is 0 Å². The average molecular weight is 105 g/mol. The van der Waals surface area contributed by atoms with E-state index in [0.717, 1.165) is 5.92 Å². The summed E-state index contributed by atoms with van der Waals surface area (Å²) in [6.07, 6.45) is 2.73. The maximum atomic E-state index is 5.68. The number of alkyl halides is 1. The van der Waals surface area contributed by atoms with Crippen LogP contribution >= 0.6 is 11.6 Å². The number of hydrogen-bond donors (Lipinski definition) is 0. The van der Waals surface area contributed by atoms with Gasteiger partial charge in [-0.05, 0) is 25.7 Å². The Bertz CT molecular complexity index is 45.9. The molecule has 36 valence electrons. The van der Waals surface area contributed by atoms with E-state index in [1.807, 2.05) is 0 Å². The van der Waals surface area contributed by atoms with Gasteiger partial charge in [0.15, 0.2) is 0 Å². The summed E-state index contributed by atoms with van der Waals surface area (Å²) < 4.78 is 0. The van der Waals surface area contributed by atoms with Crippen LogP contribution in [-0.2, 0) is 0 Å². The van der Waals surface area contributed by atoms with Gasteiger partial charge in [-0.3, -0.25) is 0 Å². The third kappa shape index (κ3) is 0.874. The Balaban J connectivity index is 2.13. The molecule has 0 saturated heterocycles. The third-order valence-corrected chi connectivity index (χ3v) is 1.63. The van der Waals surface area contributed by atoms with Gasteiger partial charge in [-0.2, -0.15) is 0 Å². The van der Waals surface area contributed by atoms with Crippen LogP contribution in [0.4, 0.5) is 0 Å². The predicted octanol–water partition coefficient (Wildman–Crippen LogP) is 2.02. The Labute approximate surface area is 43.5 Å². The van der Waals surface area contributed by atoms with E-state index < -0.39 is 0 Å². The van der Waals surface area contributed by atoms with Crippen LogP contribution in [0.25, 0.3) is 0 Å². The van der Waals surface area contributed by atoms with Crippen LogP contribution in [0.3, 0.4) is 0 Å². The van der Waals surface area contributed by atoms with E-state index in [2.05, 4.69) is 6.92 Å². The minimum Gasteiger partial charge on any atom is -0.123 e. The molecule has 0 aromatic heterocycles. The molecular weight excluding hydrogens is 95.5 g/mol. The first-order valence-electron chi connectivity index (χ1n) is 2.45. The second-order valence-corrected chi connectivity index (χ2v) is 2.70. The molecule has 1 saturated carbocycles. The normalized spacial score (nSPS) is 27.0. The lowest BCUT2D eigenvalue weighted by molar-refractivity contribution is 0.810. The van der Waals surface area contributed by atoms with Gasteiger partial charge in [0.1, 0.15) is 0 Å². The van der Waals surface area contributed by atoms with Gasteiger partial charge >= 0.3 is 0 Å². The van der Waals surface area contributed by atoms with Crippen LogP contribution in [0.15, 0.2) is 0 Å². The fourth-order valence-electron chi connectivity index (χ4n) is 0.556. The van der Waals surface area contributed by atoms with Crippen LogP contribution in [0.1, 0.15) is 19.8 Å². The second kappa shape index (κ2) is 1.42. The van der Waals surface area contributed by atoms with E-state index in [0.29, 0.717) is 5.38 Å². The smallest absolute Gasteiger partial charge is 0.0336 e. The molecule has 0 aliphatic heterocycles. The van der Waals surface area contributed by atoms with Gasteiger partial charge in [-0.15, -0.1) is 11.6 Å². The summed E-state index contributed by atoms with van der Waals surface area (Å²) in [4.78, 5) is 0. The minimum atomic E-state index is 0.435. The molecule has 6 heavy (non-hydrogen) atoms. The van der Waals surface area contributed by atoms with Crippen molar-refractivity contribution in [3.05, 3.63) is 0 Å². The number of rotatable bonds is 1. The molecule has 0 aromatic rings. The van der Waals surface area contributed by atoms with E-state index in [-0.39, 0.29) is 0 Å². The summed E-state index contributed by atoms with van der Waals surface area (Å²) in [5, 5.41) is 0.435. The van der Waals surface area contributed by atoms with Gasteiger partial charge in [0.2, 0.25) is 0 Å². The lowest BCUT2D eigenvalue weighted by Crippen LogP contribution is -1.89. The van der Waals surface area contributed by atoms with Crippen LogP contribution in [0, 0.1) is 5.92 Å². The first-order valence-corrected chi connectivity index (χ1v) is 2.88. The summed E-state index contributed by atoms with van der Waals surface area (Å²) in [5.74, 6) is 0.867. The van der Waals surface area contributed by atoms with Crippen molar-refractivity contribution in [3.63, 3.8) is 0 Å². The van der Waals surface area contributed by atoms with Crippen molar-refractivity contribution < 1.29 is 0 Å². The highest BCUT2D eigenvalue weighted by Gasteiger charge is 2.25. The highest BCUT2D eigenvalue weighted by molar-refractivity contribution is 6.20. The molecule has 1 aliphatic carbocycles. The van der Waals surface area contributed by atoms with Gasteiger partial charge in [0.25, 0.3) is 0 Å². The Hall–Kier alpha value is 0.290. The van der Waals surface area contributed by atoms with Crippen molar-refractivity contribution in [1.82, 2.24) is 0 Å². The SMILES string of the molecule is CC(Cl)C1CC1. The molecule has 0 nitrogen and oxygen atoms in total. The molecule has 0 N–H and O–H groups in total. The van der Waals surface area contributed by atoms with Crippen LogP contribution in [-0.4, -0.2) is 5.38 Å². The summed E-state index contributed by atoms with van der Waals surface area (Å²) in [6, 6.07) is 0. The number of halogens is 1. The van der Waals surface area contributed by atoms with Crippen molar-refractivity contribution in [2.24, 2.45) is 5.92 Å². The summed E-state index contributed by atoms with van der Waals surface area (Å²) in [6.45, 7) is 2.07. The van der Waals surface area contributed by atoms with Crippen LogP contribution in [0.2, 0.25) is 0 Å². The summed E-state index contributed by atoms with van der Waals surface area (Å²) in [5.41, 5.74) is 0. The first kappa shape index (κ1) is 4.45. The number of hydrogen-bond acceptors (Lipinski definition) is 0. The summed E-state index contributed by atoms with van der Waals surface area (Å²) >= 11 is 5.68. The monoisotopic (exact) mass is 104 g/mol. The van der Waals surface area contributed by atoms with Crippen LogP contribution in [0.5, 0.6) is 0 Å². The van der Waals surface area contributed by atoms with E-state index >= 15 is 0 Å². The fraction of sp³-hybridized carbons (Fsp3) is 1.00. The van der Waals surface area contributed by atoms with Crippen LogP contribution < -0.4 is 0 Å². The molecule has 1 atom stereocenters. The predicted molar refractivity (Wildman–Crippen MR) is 28.0 cm³/mol. The summed E-state index contributed by atoms with van der Waals surface area (Å²) in [7, 11) is 0. The fourth-order valence-corrected chi connectivity index (χ4v) is 0.808. The quantitative estimate of drug-likeness (QED) is 0.447. The van der Waals surface area contributed by atoms with Crippen molar-refractivity contribution in [2.45, 2.75) is 25.1 Å². The largest absolute Gasteiger partial charge is 0.123 e. The molecule has 1 aliphatic rings. The van der Waals surface area contributed by atoms with Crippen molar-refractivity contribution in [1.29, 1.82) is 0 Å². The van der Waals surface area contributed by atoms with Gasteiger partial charge < -0.3 is 0 Å². The lowest BCUT2D eigenvalue weighted by Gasteiger charge is -1.91. The molecule has 0 radical (unpaired) electrons. The Morgan fingerprint density at radius 2 is 2.17 bits per heavy atom. The van der Waals surface area contributed by atoms with Gasteiger partial charge in [-0.25, -0.2) is 0 Å². The molecule has 1 unspecified atom stereocenters. The van der Waals surface area contributed by atoms with Gasteiger partial charge in [-0.1, -0.05) is 0 Å². The maximum Gasteiger partial charge on any atom is 0.0336 e. The van der Waals surface area contributed by atoms with E-state index in [1.54, 1.807) is 0 Å². The highest BCUT2D eigenvalue weighted by Crippen LogP contribution is 2.34. The molecule has 0 heterocycles. The lowest BCUT2D eigenvalue weighted by atomic mass is 10.3. The van der Waals surface area contributed by atoms with E-state index in [4.69, 9.17) is 11.6 Å². The molecule has 1 heteroatoms. The third-order valence-electron chi connectivity index (χ3n) is 1.27. The minimum absolute atomic E-state index is 0.435. The molecule has 0 bridgehead atoms. The molecular formula is C5H9Cl. The highest BCUT2D eigenvalue weighted by atomic mass is 35.5. The average Bonchev–Trinajstić information content (AvgIpc) is 2.06. The first-order chi connectivity index (χ1) is 2.80. The van der Waals surface area contributed by atoms with Crippen molar-refractivity contribution in [2.75, 3.05) is 0 Å². The molecule has 1 rings (SSSR count). The Morgan fingerprint density at radius 1 is 1.67 bits per heavy atom. The molecule has 0 spiro atoms. The zero-order valence-electron chi connectivity index (χ0n) is 3.95. The standard InChI is InChI=1S/C5H9Cl/c1-4(6)5-2-3-5/h4-5H,2-3H2,1H3. The zero-order chi connectivity index (χ0) is 4.57. The van der Waals surface area contributed by atoms with Gasteiger partial charge in [0, 0.05) is 5.38 Å². The van der Waals surface area contributed by atoms with Crippen molar-refractivity contribution >= 4 is 11.6 Å². The molecule has 1 fully saturated rings. The molecule has 0 amide bonds. The second-order valence-electron chi connectivity index (χ2n) is 2.01. The maximum absolute atomic E-state index is 5.68. The Kier molecular flexibility index (Phi) is 1.05. The van der Waals surface area contributed by atoms with E-state index in [1.165, 1.54) is 12.8 Å². The Morgan fingerprint density at radius 3 is 2.17 bits per heavy atom. The van der Waals surface area contributed by atoms with Gasteiger partial charge in [0.05, 0.1) is 0 Å². The van der Waals surface area contributed by atoms with E-state index in [9.17, 15) is 0 Å². The molecule has 0 aromatic carbocycles. The zero-order valence-corrected chi connectivity index (χ0v) is 4.70. The topological polar surface area (TPSA) is 0 Å².